The van der Waals surface area contributed by atoms with Crippen molar-refractivity contribution in [2.75, 3.05) is 27.4 Å². The maximum atomic E-state index is 11.9. The third-order valence-electron chi connectivity index (χ3n) is 2.73. The van der Waals surface area contributed by atoms with Gasteiger partial charge >= 0.3 is 0 Å². The average Bonchev–Trinajstić information content (AvgIpc) is 2.85. The predicted molar refractivity (Wildman–Crippen MR) is 82.6 cm³/mol. The topological polar surface area (TPSA) is 80.2 Å². The van der Waals surface area contributed by atoms with Crippen molar-refractivity contribution >= 4 is 28.9 Å². The van der Waals surface area contributed by atoms with Crippen molar-refractivity contribution in [1.82, 2.24) is 5.32 Å². The molecule has 21 heavy (non-hydrogen) atoms. The van der Waals surface area contributed by atoms with Crippen molar-refractivity contribution in [2.45, 2.75) is 0 Å². The Bertz CT molecular complexity index is 599. The highest BCUT2D eigenvalue weighted by molar-refractivity contribution is 8.18. The minimum absolute atomic E-state index is 0.0503. The van der Waals surface area contributed by atoms with Gasteiger partial charge in [0.05, 0.1) is 32.3 Å². The van der Waals surface area contributed by atoms with Crippen LogP contribution in [-0.2, 0) is 4.79 Å². The van der Waals surface area contributed by atoms with Crippen LogP contribution in [0, 0.1) is 0 Å². The van der Waals surface area contributed by atoms with Gasteiger partial charge in [-0.2, -0.15) is 0 Å². The molecule has 0 radical (unpaired) electrons. The lowest BCUT2D eigenvalue weighted by molar-refractivity contribution is -0.115. The van der Waals surface area contributed by atoms with E-state index in [2.05, 4.69) is 10.3 Å². The van der Waals surface area contributed by atoms with E-state index >= 15 is 0 Å². The molecule has 1 aliphatic rings. The van der Waals surface area contributed by atoms with Gasteiger partial charge in [-0.05, 0) is 30.0 Å². The Hall–Kier alpha value is -1.99. The van der Waals surface area contributed by atoms with Crippen molar-refractivity contribution in [3.8, 4) is 11.5 Å². The van der Waals surface area contributed by atoms with Crippen LogP contribution in [-0.4, -0.2) is 43.6 Å². The van der Waals surface area contributed by atoms with Crippen molar-refractivity contribution < 1.29 is 19.4 Å². The average molecular weight is 308 g/mol. The summed E-state index contributed by atoms with van der Waals surface area (Å²) >= 11 is 1.24. The lowest BCUT2D eigenvalue weighted by atomic mass is 10.1. The molecule has 7 heteroatoms. The van der Waals surface area contributed by atoms with E-state index in [1.165, 1.54) is 11.8 Å². The summed E-state index contributed by atoms with van der Waals surface area (Å²) in [4.78, 5) is 16.4. The standard InChI is InChI=1S/C14H16N2O4S/c1-19-10-4-3-9(11(8-10)20-2)7-12-13(18)16-14(21-12)15-5-6-17/h3-4,7-8,17H,5-6H2,1-2H3,(H,15,16,18)/b12-7-. The van der Waals surface area contributed by atoms with Crippen molar-refractivity contribution in [2.24, 2.45) is 4.99 Å². The summed E-state index contributed by atoms with van der Waals surface area (Å²) in [6, 6.07) is 5.37. The highest BCUT2D eigenvalue weighted by Gasteiger charge is 2.23. The predicted octanol–water partition coefficient (Wildman–Crippen LogP) is 1.26. The van der Waals surface area contributed by atoms with Gasteiger partial charge < -0.3 is 19.9 Å². The van der Waals surface area contributed by atoms with Crippen LogP contribution in [0.3, 0.4) is 0 Å². The molecule has 1 amide bonds. The Morgan fingerprint density at radius 1 is 1.38 bits per heavy atom. The Labute approximate surface area is 126 Å². The van der Waals surface area contributed by atoms with Crippen LogP contribution in [0.4, 0.5) is 0 Å². The summed E-state index contributed by atoms with van der Waals surface area (Å²) in [7, 11) is 3.14. The molecular formula is C14H16N2O4S. The van der Waals surface area contributed by atoms with Crippen LogP contribution in [0.2, 0.25) is 0 Å². The molecule has 0 saturated carbocycles. The zero-order chi connectivity index (χ0) is 15.2. The number of ether oxygens (including phenoxy) is 2. The molecule has 1 aromatic carbocycles. The minimum atomic E-state index is -0.213. The maximum absolute atomic E-state index is 11.9. The number of nitrogens with one attached hydrogen (secondary N) is 1. The molecule has 0 aliphatic carbocycles. The molecule has 1 aromatic rings. The number of aliphatic hydroxyl groups excluding tert-OH is 1. The molecule has 112 valence electrons. The van der Waals surface area contributed by atoms with E-state index in [0.29, 0.717) is 21.6 Å². The summed E-state index contributed by atoms with van der Waals surface area (Å²) in [6.07, 6.45) is 1.74. The van der Waals surface area contributed by atoms with Gasteiger partial charge in [0.2, 0.25) is 0 Å². The van der Waals surface area contributed by atoms with Crippen molar-refractivity contribution in [3.05, 3.63) is 28.7 Å². The first-order valence-electron chi connectivity index (χ1n) is 6.26. The second-order valence-electron chi connectivity index (χ2n) is 4.08. The van der Waals surface area contributed by atoms with E-state index in [1.807, 2.05) is 6.07 Å². The van der Waals surface area contributed by atoms with E-state index in [0.717, 1.165) is 5.56 Å². The van der Waals surface area contributed by atoms with Crippen LogP contribution in [0.25, 0.3) is 6.08 Å². The minimum Gasteiger partial charge on any atom is -0.497 e. The number of nitrogens with zero attached hydrogens (tertiary/aromatic N) is 1. The Balaban J connectivity index is 2.25. The van der Waals surface area contributed by atoms with Gasteiger partial charge in [0.25, 0.3) is 5.91 Å². The molecule has 1 fully saturated rings. The number of carbonyl (C=O) groups is 1. The number of hydrogen-bond acceptors (Lipinski definition) is 6. The fourth-order valence-electron chi connectivity index (χ4n) is 1.73. The number of benzene rings is 1. The van der Waals surface area contributed by atoms with Crippen LogP contribution in [0.1, 0.15) is 5.56 Å². The highest BCUT2D eigenvalue weighted by atomic mass is 32.2. The summed E-state index contributed by atoms with van der Waals surface area (Å²) in [5.41, 5.74) is 0.777. The maximum Gasteiger partial charge on any atom is 0.264 e. The monoisotopic (exact) mass is 308 g/mol. The quantitative estimate of drug-likeness (QED) is 0.800. The molecule has 0 unspecified atom stereocenters. The number of carbonyl (C=O) groups excluding carboxylic acids is 1. The molecule has 2 rings (SSSR count). The molecule has 0 spiro atoms. The van der Waals surface area contributed by atoms with E-state index in [9.17, 15) is 4.79 Å². The lowest BCUT2D eigenvalue weighted by Crippen LogP contribution is -2.20. The third kappa shape index (κ3) is 3.77. The molecule has 1 aliphatic heterocycles. The first kappa shape index (κ1) is 15.4. The van der Waals surface area contributed by atoms with E-state index in [4.69, 9.17) is 14.6 Å². The number of amides is 1. The molecule has 1 heterocycles. The summed E-state index contributed by atoms with van der Waals surface area (Å²) in [5.74, 6) is 1.09. The molecule has 2 N–H and O–H groups in total. The summed E-state index contributed by atoms with van der Waals surface area (Å²) in [5, 5.41) is 11.9. The first-order valence-corrected chi connectivity index (χ1v) is 7.08. The normalized spacial score (nSPS) is 18.1. The third-order valence-corrected chi connectivity index (χ3v) is 3.68. The molecule has 6 nitrogen and oxygen atoms in total. The second-order valence-corrected chi connectivity index (χ2v) is 5.11. The van der Waals surface area contributed by atoms with E-state index < -0.39 is 0 Å². The van der Waals surface area contributed by atoms with Crippen LogP contribution in [0.5, 0.6) is 11.5 Å². The fourth-order valence-corrected chi connectivity index (χ4v) is 2.57. The highest BCUT2D eigenvalue weighted by Crippen LogP contribution is 2.31. The zero-order valence-corrected chi connectivity index (χ0v) is 12.6. The molecule has 0 aromatic heterocycles. The van der Waals surface area contributed by atoms with Gasteiger partial charge in [-0.15, -0.1) is 0 Å². The van der Waals surface area contributed by atoms with Gasteiger partial charge in [0.1, 0.15) is 11.5 Å². The number of rotatable bonds is 5. The summed E-state index contributed by atoms with van der Waals surface area (Å²) < 4.78 is 10.4. The first-order chi connectivity index (χ1) is 10.2. The number of hydrogen-bond donors (Lipinski definition) is 2. The Morgan fingerprint density at radius 2 is 2.19 bits per heavy atom. The number of aliphatic hydroxyl groups is 1. The van der Waals surface area contributed by atoms with Crippen molar-refractivity contribution in [1.29, 1.82) is 0 Å². The van der Waals surface area contributed by atoms with Gasteiger partial charge in [-0.25, -0.2) is 0 Å². The van der Waals surface area contributed by atoms with Crippen LogP contribution < -0.4 is 14.8 Å². The number of thioether (sulfide) groups is 1. The lowest BCUT2D eigenvalue weighted by Gasteiger charge is -2.07. The van der Waals surface area contributed by atoms with Crippen LogP contribution >= 0.6 is 11.8 Å². The number of aliphatic imine (C=N–C) groups is 1. The zero-order valence-electron chi connectivity index (χ0n) is 11.8. The molecule has 0 atom stereocenters. The fraction of sp³-hybridized carbons (Fsp3) is 0.286. The van der Waals surface area contributed by atoms with Gasteiger partial charge in [-0.3, -0.25) is 9.79 Å². The number of amidine groups is 1. The second kappa shape index (κ2) is 7.14. The summed E-state index contributed by atoms with van der Waals surface area (Å²) in [6.45, 7) is 0.215. The van der Waals surface area contributed by atoms with Gasteiger partial charge in [-0.1, -0.05) is 0 Å². The largest absolute Gasteiger partial charge is 0.497 e. The van der Waals surface area contributed by atoms with Gasteiger partial charge in [0, 0.05) is 11.6 Å². The SMILES string of the molecule is COc1ccc(/C=C2\SC(=NCCO)NC2=O)c(OC)c1. The Morgan fingerprint density at radius 3 is 2.86 bits per heavy atom. The van der Waals surface area contributed by atoms with Crippen LogP contribution in [0.15, 0.2) is 28.1 Å². The van der Waals surface area contributed by atoms with E-state index in [-0.39, 0.29) is 19.1 Å². The van der Waals surface area contributed by atoms with Gasteiger partial charge in [0.15, 0.2) is 5.17 Å². The van der Waals surface area contributed by atoms with Crippen molar-refractivity contribution in [3.63, 3.8) is 0 Å². The molecular weight excluding hydrogens is 292 g/mol. The molecule has 0 bridgehead atoms. The van der Waals surface area contributed by atoms with E-state index in [1.54, 1.807) is 32.4 Å². The smallest absolute Gasteiger partial charge is 0.264 e. The number of methoxy groups -OCH3 is 2. The molecule has 1 saturated heterocycles. The Kier molecular flexibility index (Phi) is 5.24.